The molecule has 1 rings (SSSR count). The van der Waals surface area contributed by atoms with Crippen LogP contribution in [0.15, 0.2) is 24.3 Å². The number of ketones is 1. The number of carbonyl (C=O) groups excluding carboxylic acids is 1. The maximum atomic E-state index is 12.1. The van der Waals surface area contributed by atoms with Crippen molar-refractivity contribution in [2.24, 2.45) is 5.72 Å². The minimum atomic E-state index is -3.42. The summed E-state index contributed by atoms with van der Waals surface area (Å²) in [4.78, 5) is 23.1. The fourth-order valence-corrected chi connectivity index (χ4v) is 0.932. The average Bonchev–Trinajstić information content (AvgIpc) is 2.36. The molecule has 0 saturated carbocycles. The molecule has 5 N–H and O–H groups in total. The lowest BCUT2D eigenvalue weighted by molar-refractivity contribution is -0.138. The van der Waals surface area contributed by atoms with Crippen LogP contribution in [-0.4, -0.2) is 22.9 Å². The first-order chi connectivity index (χ1) is 9.06. The quantitative estimate of drug-likeness (QED) is 0.480. The third-order valence-corrected chi connectivity index (χ3v) is 1.64. The summed E-state index contributed by atoms with van der Waals surface area (Å²) >= 11 is 0. The molecule has 0 heterocycles. The van der Waals surface area contributed by atoms with Crippen molar-refractivity contribution in [2.75, 3.05) is 5.73 Å². The van der Waals surface area contributed by atoms with Gasteiger partial charge in [-0.15, -0.1) is 0 Å². The number of carboxylic acid groups (broad SMARTS) is 1. The summed E-state index contributed by atoms with van der Waals surface area (Å²) in [6.07, 6.45) is -3.35. The van der Waals surface area contributed by atoms with Crippen LogP contribution in [0.2, 0.25) is 2.82 Å². The SMILES string of the molecule is [2H]N([2H])[C@]([2H])(C(=O)O)C([2H])([2H])C(=O)c1ccccc1N. The molecule has 1 aromatic rings. The Hall–Kier alpha value is -1.88. The van der Waals surface area contributed by atoms with Crippen molar-refractivity contribution in [1.82, 2.24) is 0 Å². The second-order valence-electron chi connectivity index (χ2n) is 2.70. The van der Waals surface area contributed by atoms with Gasteiger partial charge >= 0.3 is 5.97 Å². The number of hydrogen-bond donors (Lipinski definition) is 3. The number of nitrogens with two attached hydrogens (primary N) is 2. The topological polar surface area (TPSA) is 106 Å². The predicted molar refractivity (Wildman–Crippen MR) is 55.4 cm³/mol. The van der Waals surface area contributed by atoms with Gasteiger partial charge in [0.15, 0.2) is 5.78 Å². The highest BCUT2D eigenvalue weighted by molar-refractivity contribution is 6.02. The third-order valence-electron chi connectivity index (χ3n) is 1.64. The smallest absolute Gasteiger partial charge is 0.320 e. The highest BCUT2D eigenvalue weighted by atomic mass is 16.4. The van der Waals surface area contributed by atoms with Crippen LogP contribution in [0.5, 0.6) is 0 Å². The Kier molecular flexibility index (Phi) is 1.79. The number of carboxylic acids is 1. The molecule has 0 amide bonds. The van der Waals surface area contributed by atoms with Crippen molar-refractivity contribution in [3.63, 3.8) is 0 Å². The zero-order valence-electron chi connectivity index (χ0n) is 12.6. The molecule has 0 radical (unpaired) electrons. The first kappa shape index (κ1) is 5.87. The van der Waals surface area contributed by atoms with E-state index in [9.17, 15) is 9.59 Å². The van der Waals surface area contributed by atoms with Gasteiger partial charge in [0.05, 0.1) is 1.37 Å². The summed E-state index contributed by atoms with van der Waals surface area (Å²) in [7, 11) is 0. The van der Waals surface area contributed by atoms with Crippen molar-refractivity contribution in [3.05, 3.63) is 29.8 Å². The molecule has 1 aromatic carbocycles. The summed E-state index contributed by atoms with van der Waals surface area (Å²) in [5.41, 5.74) is 4.45. The molecular formula is C10H12N2O3. The first-order valence-corrected chi connectivity index (χ1v) is 3.97. The van der Waals surface area contributed by atoms with Gasteiger partial charge in [0.2, 0.25) is 0 Å². The highest BCUT2D eigenvalue weighted by Crippen LogP contribution is 2.13. The minimum Gasteiger partial charge on any atom is -0.480 e. The maximum Gasteiger partial charge on any atom is 0.320 e. The molecule has 0 bridgehead atoms. The van der Waals surface area contributed by atoms with Crippen LogP contribution in [0.25, 0.3) is 0 Å². The predicted octanol–water partition coefficient (Wildman–Crippen LogP) is 0.254. The molecule has 0 aliphatic heterocycles. The largest absolute Gasteiger partial charge is 0.480 e. The van der Waals surface area contributed by atoms with E-state index in [4.69, 9.17) is 17.8 Å². The third kappa shape index (κ3) is 2.78. The van der Waals surface area contributed by atoms with Crippen molar-refractivity contribution in [3.8, 4) is 0 Å². The number of hydrogen-bond acceptors (Lipinski definition) is 4. The maximum absolute atomic E-state index is 12.1. The average molecular weight is 213 g/mol. The van der Waals surface area contributed by atoms with Gasteiger partial charge in [-0.2, -0.15) is 0 Å². The Bertz CT molecular complexity index is 551. The van der Waals surface area contributed by atoms with Crippen LogP contribution in [-0.2, 0) is 4.79 Å². The Labute approximate surface area is 93.8 Å². The lowest BCUT2D eigenvalue weighted by Crippen LogP contribution is -2.32. The Balaban J connectivity index is 3.39. The zero-order valence-corrected chi connectivity index (χ0v) is 7.60. The summed E-state index contributed by atoms with van der Waals surface area (Å²) in [6, 6.07) is 1.95. The van der Waals surface area contributed by atoms with Gasteiger partial charge in [0.25, 0.3) is 0 Å². The van der Waals surface area contributed by atoms with Crippen molar-refractivity contribution >= 4 is 17.4 Å². The number of aliphatic carboxylic acids is 1. The standard InChI is InChI=1S/C10H12N2O3/c11-7-4-2-1-3-6(7)9(13)5-8(12)10(14)15/h1-4,8H,5,11-12H2,(H,14,15)/t8-/m0/s1/i5D2,8D/hD2. The number of rotatable bonds is 5. The Morgan fingerprint density at radius 3 is 2.80 bits per heavy atom. The van der Waals surface area contributed by atoms with E-state index in [-0.39, 0.29) is 11.3 Å². The van der Waals surface area contributed by atoms with Gasteiger partial charge in [-0.25, -0.2) is 0 Å². The molecule has 0 aliphatic carbocycles. The molecule has 0 saturated heterocycles. The highest BCUT2D eigenvalue weighted by Gasteiger charge is 2.18. The van der Waals surface area contributed by atoms with E-state index < -0.39 is 29.9 Å². The number of Topliss-reactive ketones (excluding diaryl/α,β-unsaturated/α-hetero) is 1. The van der Waals surface area contributed by atoms with E-state index in [0.29, 0.717) is 0 Å². The summed E-state index contributed by atoms with van der Waals surface area (Å²) < 4.78 is 36.6. The van der Waals surface area contributed by atoms with Crippen LogP contribution in [0.3, 0.4) is 0 Å². The van der Waals surface area contributed by atoms with E-state index in [2.05, 4.69) is 0 Å². The monoisotopic (exact) mass is 213 g/mol. The van der Waals surface area contributed by atoms with Crippen LogP contribution >= 0.6 is 0 Å². The number of anilines is 1. The number of nitrogen functional groups attached to an aromatic ring is 1. The fraction of sp³-hybridized carbons (Fsp3) is 0.200. The Morgan fingerprint density at radius 1 is 1.60 bits per heavy atom. The van der Waals surface area contributed by atoms with Crippen LogP contribution < -0.4 is 11.5 Å². The second kappa shape index (κ2) is 4.56. The van der Waals surface area contributed by atoms with E-state index in [1.807, 2.05) is 0 Å². The number of carbonyl (C=O) groups is 2. The summed E-state index contributed by atoms with van der Waals surface area (Å²) in [5, 5.41) is 8.91. The summed E-state index contributed by atoms with van der Waals surface area (Å²) in [5.74, 6) is -3.51. The first-order valence-electron chi connectivity index (χ1n) is 6.37. The van der Waals surface area contributed by atoms with Crippen molar-refractivity contribution < 1.29 is 21.6 Å². The van der Waals surface area contributed by atoms with Crippen LogP contribution in [0.4, 0.5) is 5.69 Å². The van der Waals surface area contributed by atoms with E-state index >= 15 is 0 Å². The molecule has 1 atom stereocenters. The van der Waals surface area contributed by atoms with Crippen molar-refractivity contribution in [1.29, 1.82) is 0 Å². The minimum absolute atomic E-state index is 0.0874. The fourth-order valence-electron chi connectivity index (χ4n) is 0.932. The van der Waals surface area contributed by atoms with Crippen molar-refractivity contribution in [2.45, 2.75) is 12.4 Å². The normalized spacial score (nSPS) is 20.2. The molecule has 15 heavy (non-hydrogen) atoms. The van der Waals surface area contributed by atoms with Gasteiger partial charge in [-0.3, -0.25) is 9.59 Å². The lowest BCUT2D eigenvalue weighted by Gasteiger charge is -2.07. The van der Waals surface area contributed by atoms with Gasteiger partial charge in [0.1, 0.15) is 8.84 Å². The Morgan fingerprint density at radius 2 is 2.27 bits per heavy atom. The molecule has 5 heteroatoms. The van der Waals surface area contributed by atoms with E-state index in [1.54, 1.807) is 0 Å². The molecule has 0 fully saturated rings. The number of benzene rings is 1. The molecule has 0 spiro atoms. The molecule has 0 unspecified atom stereocenters. The van der Waals surface area contributed by atoms with Gasteiger partial charge in [-0.05, 0) is 12.1 Å². The number of para-hydroxylation sites is 1. The second-order valence-corrected chi connectivity index (χ2v) is 2.70. The van der Waals surface area contributed by atoms with E-state index in [0.717, 1.165) is 0 Å². The summed E-state index contributed by atoms with van der Waals surface area (Å²) in [6.45, 7) is 0. The van der Waals surface area contributed by atoms with Gasteiger partial charge in [0, 0.05) is 20.4 Å². The molecule has 80 valence electrons. The van der Waals surface area contributed by atoms with E-state index in [1.165, 1.54) is 24.3 Å². The van der Waals surface area contributed by atoms with Crippen LogP contribution in [0, 0.1) is 0 Å². The molecular weight excluding hydrogens is 196 g/mol. The molecule has 5 nitrogen and oxygen atoms in total. The van der Waals surface area contributed by atoms with Crippen LogP contribution in [0.1, 0.15) is 20.8 Å². The zero-order chi connectivity index (χ0) is 15.7. The molecule has 0 aromatic heterocycles. The lowest BCUT2D eigenvalue weighted by atomic mass is 10.0. The van der Waals surface area contributed by atoms with Gasteiger partial charge in [-0.1, -0.05) is 12.1 Å². The molecule has 0 aliphatic rings. The van der Waals surface area contributed by atoms with Gasteiger partial charge < -0.3 is 16.6 Å².